The van der Waals surface area contributed by atoms with E-state index in [4.69, 9.17) is 10.5 Å². The van der Waals surface area contributed by atoms with Crippen molar-refractivity contribution in [3.63, 3.8) is 0 Å². The highest BCUT2D eigenvalue weighted by atomic mass is 16.6. The molecule has 0 aliphatic carbocycles. The fourth-order valence-corrected chi connectivity index (χ4v) is 1.12. The summed E-state index contributed by atoms with van der Waals surface area (Å²) in [5.74, 6) is -0.304. The average Bonchev–Trinajstić information content (AvgIpc) is 1.99. The van der Waals surface area contributed by atoms with Crippen molar-refractivity contribution >= 4 is 5.97 Å². The number of carbonyl (C=O) groups is 1. The van der Waals surface area contributed by atoms with Crippen LogP contribution in [0.1, 0.15) is 33.6 Å². The molecule has 0 aromatic rings. The standard InChI is InChI=1S/C11H24N2O2/c1-11(2,3)15-10(14)9(12)7-6-8-13(4)5/h9H,6-8,12H2,1-5H3. The van der Waals surface area contributed by atoms with Crippen LogP contribution in [-0.2, 0) is 9.53 Å². The number of nitrogens with two attached hydrogens (primary N) is 1. The number of nitrogens with zero attached hydrogens (tertiary/aromatic N) is 1. The first kappa shape index (κ1) is 14.4. The van der Waals surface area contributed by atoms with Gasteiger partial charge in [-0.3, -0.25) is 4.79 Å². The summed E-state index contributed by atoms with van der Waals surface area (Å²) in [6, 6.07) is -0.496. The van der Waals surface area contributed by atoms with Crippen LogP contribution in [0.3, 0.4) is 0 Å². The van der Waals surface area contributed by atoms with E-state index >= 15 is 0 Å². The Morgan fingerprint density at radius 2 is 1.93 bits per heavy atom. The molecule has 0 aliphatic rings. The maximum atomic E-state index is 11.5. The molecular weight excluding hydrogens is 192 g/mol. The van der Waals surface area contributed by atoms with Gasteiger partial charge in [0.2, 0.25) is 0 Å². The summed E-state index contributed by atoms with van der Waals surface area (Å²) in [5.41, 5.74) is 5.27. The monoisotopic (exact) mass is 216 g/mol. The van der Waals surface area contributed by atoms with Crippen LogP contribution in [0.15, 0.2) is 0 Å². The molecule has 0 bridgehead atoms. The van der Waals surface area contributed by atoms with E-state index in [1.807, 2.05) is 34.9 Å². The zero-order valence-corrected chi connectivity index (χ0v) is 10.5. The SMILES string of the molecule is CN(C)CCCC(N)C(=O)OC(C)(C)C. The lowest BCUT2D eigenvalue weighted by Gasteiger charge is -2.22. The quantitative estimate of drug-likeness (QED) is 0.697. The Labute approximate surface area is 92.8 Å². The second-order valence-corrected chi connectivity index (χ2v) is 5.09. The lowest BCUT2D eigenvalue weighted by molar-refractivity contribution is -0.156. The van der Waals surface area contributed by atoms with Crippen LogP contribution >= 0.6 is 0 Å². The molecule has 0 aromatic carbocycles. The number of esters is 1. The van der Waals surface area contributed by atoms with Gasteiger partial charge in [-0.05, 0) is 54.3 Å². The molecule has 0 fully saturated rings. The van der Waals surface area contributed by atoms with Gasteiger partial charge in [0.15, 0.2) is 0 Å². The molecule has 2 N–H and O–H groups in total. The third-order valence-corrected chi connectivity index (χ3v) is 1.83. The summed E-state index contributed by atoms with van der Waals surface area (Å²) in [5, 5.41) is 0. The Morgan fingerprint density at radius 1 is 1.40 bits per heavy atom. The first-order chi connectivity index (χ1) is 6.72. The number of carbonyl (C=O) groups excluding carboxylic acids is 1. The smallest absolute Gasteiger partial charge is 0.323 e. The van der Waals surface area contributed by atoms with Gasteiger partial charge in [-0.1, -0.05) is 0 Å². The van der Waals surface area contributed by atoms with E-state index in [1.54, 1.807) is 0 Å². The molecule has 1 atom stereocenters. The fourth-order valence-electron chi connectivity index (χ4n) is 1.12. The molecule has 90 valence electrons. The van der Waals surface area contributed by atoms with Crippen molar-refractivity contribution in [2.24, 2.45) is 5.73 Å². The van der Waals surface area contributed by atoms with Crippen LogP contribution in [-0.4, -0.2) is 43.2 Å². The molecule has 0 spiro atoms. The molecule has 0 heterocycles. The molecule has 15 heavy (non-hydrogen) atoms. The van der Waals surface area contributed by atoms with Crippen LogP contribution in [0.4, 0.5) is 0 Å². The zero-order valence-electron chi connectivity index (χ0n) is 10.5. The van der Waals surface area contributed by atoms with Crippen LogP contribution in [0.5, 0.6) is 0 Å². The van der Waals surface area contributed by atoms with Crippen LogP contribution in [0.25, 0.3) is 0 Å². The van der Waals surface area contributed by atoms with E-state index < -0.39 is 11.6 Å². The van der Waals surface area contributed by atoms with Gasteiger partial charge in [-0.15, -0.1) is 0 Å². The summed E-state index contributed by atoms with van der Waals surface area (Å²) in [7, 11) is 4.00. The molecule has 0 amide bonds. The first-order valence-electron chi connectivity index (χ1n) is 5.35. The minimum atomic E-state index is -0.496. The van der Waals surface area contributed by atoms with Gasteiger partial charge in [0.25, 0.3) is 0 Å². The average molecular weight is 216 g/mol. The predicted molar refractivity (Wildman–Crippen MR) is 61.6 cm³/mol. The molecule has 0 aromatic heterocycles. The molecule has 0 radical (unpaired) electrons. The lowest BCUT2D eigenvalue weighted by Crippen LogP contribution is -2.37. The Morgan fingerprint density at radius 3 is 2.33 bits per heavy atom. The van der Waals surface area contributed by atoms with Crippen molar-refractivity contribution in [2.75, 3.05) is 20.6 Å². The van der Waals surface area contributed by atoms with Crippen molar-refractivity contribution in [3.8, 4) is 0 Å². The maximum absolute atomic E-state index is 11.5. The van der Waals surface area contributed by atoms with E-state index in [0.29, 0.717) is 6.42 Å². The number of hydrogen-bond acceptors (Lipinski definition) is 4. The summed E-state index contributed by atoms with van der Waals surface area (Å²) in [6.45, 7) is 6.48. The molecule has 0 saturated heterocycles. The highest BCUT2D eigenvalue weighted by molar-refractivity contribution is 5.75. The summed E-state index contributed by atoms with van der Waals surface area (Å²) < 4.78 is 5.18. The third kappa shape index (κ3) is 8.39. The topological polar surface area (TPSA) is 55.6 Å². The van der Waals surface area contributed by atoms with Gasteiger partial charge in [-0.25, -0.2) is 0 Å². The number of hydrogen-bond donors (Lipinski definition) is 1. The molecule has 0 saturated carbocycles. The highest BCUT2D eigenvalue weighted by Crippen LogP contribution is 2.09. The lowest BCUT2D eigenvalue weighted by atomic mass is 10.1. The van der Waals surface area contributed by atoms with Crippen molar-refractivity contribution in [3.05, 3.63) is 0 Å². The highest BCUT2D eigenvalue weighted by Gasteiger charge is 2.21. The zero-order chi connectivity index (χ0) is 12.1. The first-order valence-corrected chi connectivity index (χ1v) is 5.35. The minimum absolute atomic E-state index is 0.304. The van der Waals surface area contributed by atoms with E-state index in [9.17, 15) is 4.79 Å². The van der Waals surface area contributed by atoms with Crippen molar-refractivity contribution < 1.29 is 9.53 Å². The van der Waals surface area contributed by atoms with Crippen molar-refractivity contribution in [1.29, 1.82) is 0 Å². The summed E-state index contributed by atoms with van der Waals surface area (Å²) >= 11 is 0. The van der Waals surface area contributed by atoms with Crippen molar-refractivity contribution in [2.45, 2.75) is 45.3 Å². The normalized spacial score (nSPS) is 14.1. The third-order valence-electron chi connectivity index (χ3n) is 1.83. The van der Waals surface area contributed by atoms with Gasteiger partial charge in [0, 0.05) is 0 Å². The molecule has 1 unspecified atom stereocenters. The van der Waals surface area contributed by atoms with E-state index in [-0.39, 0.29) is 5.97 Å². The molecule has 0 rings (SSSR count). The molecule has 4 nitrogen and oxygen atoms in total. The maximum Gasteiger partial charge on any atom is 0.323 e. The van der Waals surface area contributed by atoms with E-state index in [1.165, 1.54) is 0 Å². The van der Waals surface area contributed by atoms with Gasteiger partial charge in [0.05, 0.1) is 0 Å². The minimum Gasteiger partial charge on any atom is -0.459 e. The Balaban J connectivity index is 3.80. The fraction of sp³-hybridized carbons (Fsp3) is 0.909. The Kier molecular flexibility index (Phi) is 5.83. The second kappa shape index (κ2) is 6.08. The van der Waals surface area contributed by atoms with Crippen LogP contribution < -0.4 is 5.73 Å². The largest absolute Gasteiger partial charge is 0.459 e. The van der Waals surface area contributed by atoms with Crippen LogP contribution in [0, 0.1) is 0 Å². The summed E-state index contributed by atoms with van der Waals surface area (Å²) in [6.07, 6.45) is 1.58. The molecule has 0 aliphatic heterocycles. The Hall–Kier alpha value is -0.610. The van der Waals surface area contributed by atoms with E-state index in [2.05, 4.69) is 4.90 Å². The number of rotatable bonds is 5. The Bertz CT molecular complexity index is 197. The van der Waals surface area contributed by atoms with Gasteiger partial charge >= 0.3 is 5.97 Å². The van der Waals surface area contributed by atoms with Gasteiger partial charge < -0.3 is 15.4 Å². The van der Waals surface area contributed by atoms with Gasteiger partial charge in [0.1, 0.15) is 11.6 Å². The predicted octanol–water partition coefficient (Wildman–Crippen LogP) is 0.997. The van der Waals surface area contributed by atoms with Gasteiger partial charge in [-0.2, -0.15) is 0 Å². The molecular formula is C11H24N2O2. The molecule has 4 heteroatoms. The number of ether oxygens (including phenoxy) is 1. The van der Waals surface area contributed by atoms with Crippen LogP contribution in [0.2, 0.25) is 0 Å². The van der Waals surface area contributed by atoms with E-state index in [0.717, 1.165) is 13.0 Å². The summed E-state index contributed by atoms with van der Waals surface area (Å²) in [4.78, 5) is 13.5. The van der Waals surface area contributed by atoms with Crippen molar-refractivity contribution in [1.82, 2.24) is 4.90 Å². The second-order valence-electron chi connectivity index (χ2n) is 5.09.